The van der Waals surface area contributed by atoms with Crippen molar-refractivity contribution in [3.63, 3.8) is 0 Å². The van der Waals surface area contributed by atoms with Crippen molar-refractivity contribution in [3.8, 4) is 0 Å². The monoisotopic (exact) mass is 788 g/mol. The highest BCUT2D eigenvalue weighted by molar-refractivity contribution is 4.57. The second-order valence-corrected chi connectivity index (χ2v) is 19.3. The molecule has 0 aromatic heterocycles. The average molecular weight is 789 g/mol. The molecule has 0 rings (SSSR count). The highest BCUT2D eigenvalue weighted by Crippen LogP contribution is 2.18. The first-order chi connectivity index (χ1) is 27.8. The Morgan fingerprint density at radius 1 is 0.161 bits per heavy atom. The predicted octanol–water partition coefficient (Wildman–Crippen LogP) is 20.5. The quantitative estimate of drug-likeness (QED) is 0.0555. The van der Waals surface area contributed by atoms with Crippen LogP contribution in [-0.2, 0) is 0 Å². The Morgan fingerprint density at radius 3 is 0.393 bits per heavy atom. The molecule has 0 aromatic rings. The molecule has 0 aliphatic carbocycles. The van der Waals surface area contributed by atoms with Crippen LogP contribution in [0.4, 0.5) is 0 Å². The Kier molecular flexibility index (Phi) is 52.9. The SMILES string of the molecule is CCCCCCCCCCCCCCCCCCCCCCCCCCCN(C)CCCCCCCCCCCCCCCCCCCCCCCCCCC. The van der Waals surface area contributed by atoms with Gasteiger partial charge in [0.05, 0.1) is 0 Å². The molecule has 0 bridgehead atoms. The van der Waals surface area contributed by atoms with Crippen LogP contribution in [0.2, 0.25) is 0 Å². The zero-order valence-corrected chi connectivity index (χ0v) is 40.2. The summed E-state index contributed by atoms with van der Waals surface area (Å²) in [4.78, 5) is 2.61. The Bertz CT molecular complexity index is 589. The molecular formula is C55H113N. The molecule has 0 spiro atoms. The van der Waals surface area contributed by atoms with Gasteiger partial charge in [0.25, 0.3) is 0 Å². The van der Waals surface area contributed by atoms with E-state index >= 15 is 0 Å². The van der Waals surface area contributed by atoms with Gasteiger partial charge in [0, 0.05) is 0 Å². The van der Waals surface area contributed by atoms with E-state index < -0.39 is 0 Å². The molecule has 0 amide bonds. The molecule has 0 N–H and O–H groups in total. The van der Waals surface area contributed by atoms with Crippen LogP contribution >= 0.6 is 0 Å². The van der Waals surface area contributed by atoms with Gasteiger partial charge in [0.1, 0.15) is 0 Å². The van der Waals surface area contributed by atoms with Crippen molar-refractivity contribution >= 4 is 0 Å². The summed E-state index contributed by atoms with van der Waals surface area (Å²) in [6.07, 6.45) is 73.8. The number of hydrogen-bond donors (Lipinski definition) is 0. The molecule has 56 heavy (non-hydrogen) atoms. The van der Waals surface area contributed by atoms with E-state index in [0.717, 1.165) is 0 Å². The zero-order chi connectivity index (χ0) is 40.3. The van der Waals surface area contributed by atoms with Gasteiger partial charge in [-0.05, 0) is 33.0 Å². The largest absolute Gasteiger partial charge is 0.306 e. The van der Waals surface area contributed by atoms with Crippen LogP contribution in [-0.4, -0.2) is 25.0 Å². The van der Waals surface area contributed by atoms with E-state index in [0.29, 0.717) is 0 Å². The summed E-state index contributed by atoms with van der Waals surface area (Å²) in [7, 11) is 2.36. The predicted molar refractivity (Wildman–Crippen MR) is 260 cm³/mol. The molecule has 0 aromatic carbocycles. The lowest BCUT2D eigenvalue weighted by Gasteiger charge is -2.16. The molecule has 0 saturated heterocycles. The fourth-order valence-electron chi connectivity index (χ4n) is 9.15. The topological polar surface area (TPSA) is 3.24 Å². The Morgan fingerprint density at radius 2 is 0.268 bits per heavy atom. The first-order valence-corrected chi connectivity index (χ1v) is 27.5. The highest BCUT2D eigenvalue weighted by atomic mass is 15.1. The van der Waals surface area contributed by atoms with E-state index in [1.807, 2.05) is 0 Å². The van der Waals surface area contributed by atoms with E-state index in [4.69, 9.17) is 0 Å². The molecule has 0 heterocycles. The van der Waals surface area contributed by atoms with Gasteiger partial charge < -0.3 is 4.90 Å². The van der Waals surface area contributed by atoms with Crippen LogP contribution in [0.5, 0.6) is 0 Å². The van der Waals surface area contributed by atoms with Gasteiger partial charge in [-0.2, -0.15) is 0 Å². The van der Waals surface area contributed by atoms with Gasteiger partial charge in [-0.25, -0.2) is 0 Å². The number of hydrogen-bond acceptors (Lipinski definition) is 1. The Hall–Kier alpha value is -0.0400. The molecule has 0 radical (unpaired) electrons. The zero-order valence-electron chi connectivity index (χ0n) is 40.2. The van der Waals surface area contributed by atoms with Crippen LogP contribution in [0.25, 0.3) is 0 Å². The van der Waals surface area contributed by atoms with Crippen LogP contribution in [0, 0.1) is 0 Å². The molecule has 0 aliphatic heterocycles. The van der Waals surface area contributed by atoms with Crippen molar-refractivity contribution in [2.24, 2.45) is 0 Å². The third-order valence-electron chi connectivity index (χ3n) is 13.3. The highest BCUT2D eigenvalue weighted by Gasteiger charge is 2.01. The second kappa shape index (κ2) is 53.0. The first kappa shape index (κ1) is 56.0. The van der Waals surface area contributed by atoms with Gasteiger partial charge in [-0.15, -0.1) is 0 Å². The van der Waals surface area contributed by atoms with Gasteiger partial charge >= 0.3 is 0 Å². The molecule has 1 nitrogen and oxygen atoms in total. The van der Waals surface area contributed by atoms with E-state index in [2.05, 4.69) is 25.8 Å². The number of nitrogens with zero attached hydrogens (tertiary/aromatic N) is 1. The summed E-state index contributed by atoms with van der Waals surface area (Å²) in [5.41, 5.74) is 0. The molecule has 0 aliphatic rings. The maximum atomic E-state index is 2.61. The van der Waals surface area contributed by atoms with Gasteiger partial charge in [-0.1, -0.05) is 322 Å². The lowest BCUT2D eigenvalue weighted by molar-refractivity contribution is 0.314. The number of unbranched alkanes of at least 4 members (excludes halogenated alkanes) is 48. The van der Waals surface area contributed by atoms with E-state index in [1.54, 1.807) is 0 Å². The lowest BCUT2D eigenvalue weighted by atomic mass is 10.0. The smallest absolute Gasteiger partial charge is 0.00218 e. The van der Waals surface area contributed by atoms with Crippen molar-refractivity contribution in [3.05, 3.63) is 0 Å². The van der Waals surface area contributed by atoms with Gasteiger partial charge in [-0.3, -0.25) is 0 Å². The van der Waals surface area contributed by atoms with Crippen molar-refractivity contribution in [1.82, 2.24) is 4.90 Å². The summed E-state index contributed by atoms with van der Waals surface area (Å²) in [5, 5.41) is 0. The van der Waals surface area contributed by atoms with Crippen molar-refractivity contribution < 1.29 is 0 Å². The molecular weight excluding hydrogens is 675 g/mol. The molecule has 0 unspecified atom stereocenters. The van der Waals surface area contributed by atoms with Crippen LogP contribution < -0.4 is 0 Å². The average Bonchev–Trinajstić information content (AvgIpc) is 3.20. The Balaban J connectivity index is 3.14. The van der Waals surface area contributed by atoms with Crippen molar-refractivity contribution in [2.45, 2.75) is 335 Å². The van der Waals surface area contributed by atoms with Crippen molar-refractivity contribution in [1.29, 1.82) is 0 Å². The van der Waals surface area contributed by atoms with Crippen LogP contribution in [0.15, 0.2) is 0 Å². The van der Waals surface area contributed by atoms with Gasteiger partial charge in [0.2, 0.25) is 0 Å². The molecule has 0 fully saturated rings. The fourth-order valence-corrected chi connectivity index (χ4v) is 9.15. The lowest BCUT2D eigenvalue weighted by Crippen LogP contribution is -2.20. The normalized spacial score (nSPS) is 11.8. The van der Waals surface area contributed by atoms with Crippen LogP contribution in [0.3, 0.4) is 0 Å². The van der Waals surface area contributed by atoms with Gasteiger partial charge in [0.15, 0.2) is 0 Å². The van der Waals surface area contributed by atoms with E-state index in [1.165, 1.54) is 334 Å². The molecule has 0 atom stereocenters. The minimum absolute atomic E-state index is 1.32. The van der Waals surface area contributed by atoms with Crippen molar-refractivity contribution in [2.75, 3.05) is 20.1 Å². The molecule has 338 valence electrons. The first-order valence-electron chi connectivity index (χ1n) is 27.5. The summed E-state index contributed by atoms with van der Waals surface area (Å²) >= 11 is 0. The standard InChI is InChI=1S/C55H113N/c1-4-6-8-10-12-14-16-18-20-22-24-26-28-30-32-34-36-38-40-42-44-46-48-50-52-54-56(3)55-53-51-49-47-45-43-41-39-37-35-33-31-29-27-25-23-21-19-17-15-13-11-9-7-5-2/h4-55H2,1-3H3. The third-order valence-corrected chi connectivity index (χ3v) is 13.3. The van der Waals surface area contributed by atoms with E-state index in [-0.39, 0.29) is 0 Å². The summed E-state index contributed by atoms with van der Waals surface area (Å²) in [6.45, 7) is 7.26. The Labute approximate surface area is 358 Å². The summed E-state index contributed by atoms with van der Waals surface area (Å²) < 4.78 is 0. The minimum atomic E-state index is 1.32. The van der Waals surface area contributed by atoms with E-state index in [9.17, 15) is 0 Å². The summed E-state index contributed by atoms with van der Waals surface area (Å²) in [6, 6.07) is 0. The number of rotatable bonds is 52. The fraction of sp³-hybridized carbons (Fsp3) is 1.00. The molecule has 1 heteroatoms. The van der Waals surface area contributed by atoms with Crippen LogP contribution in [0.1, 0.15) is 335 Å². The maximum Gasteiger partial charge on any atom is -0.00218 e. The molecule has 0 saturated carbocycles. The third kappa shape index (κ3) is 52.0. The second-order valence-electron chi connectivity index (χ2n) is 19.3. The summed E-state index contributed by atoms with van der Waals surface area (Å²) in [5.74, 6) is 0. The minimum Gasteiger partial charge on any atom is -0.306 e. The maximum absolute atomic E-state index is 2.61.